The van der Waals surface area contributed by atoms with Crippen LogP contribution in [0.25, 0.3) is 0 Å². The maximum absolute atomic E-state index is 14.5. The molecule has 3 atom stereocenters. The van der Waals surface area contributed by atoms with Crippen LogP contribution in [0.5, 0.6) is 0 Å². The molecule has 1 aliphatic heterocycles. The second-order valence-corrected chi connectivity index (χ2v) is 11.0. The number of ether oxygens (including phenoxy) is 1. The van der Waals surface area contributed by atoms with E-state index in [-0.39, 0.29) is 23.8 Å². The number of urea groups is 1. The van der Waals surface area contributed by atoms with E-state index >= 15 is 0 Å². The van der Waals surface area contributed by atoms with Crippen LogP contribution in [0.4, 0.5) is 9.18 Å². The summed E-state index contributed by atoms with van der Waals surface area (Å²) < 4.78 is 19.7. The summed E-state index contributed by atoms with van der Waals surface area (Å²) in [5.41, 5.74) is -0.0434. The molecule has 0 bridgehead atoms. The van der Waals surface area contributed by atoms with Gasteiger partial charge in [0.15, 0.2) is 0 Å². The zero-order valence-corrected chi connectivity index (χ0v) is 22.7. The smallest absolute Gasteiger partial charge is 0.317 e. The van der Waals surface area contributed by atoms with Gasteiger partial charge in [-0.1, -0.05) is 44.2 Å². The molecule has 1 aromatic carbocycles. The summed E-state index contributed by atoms with van der Waals surface area (Å²) in [7, 11) is 3.61. The van der Waals surface area contributed by atoms with Crippen molar-refractivity contribution in [3.05, 3.63) is 35.1 Å². The molecule has 1 heterocycles. The number of nitrogens with zero attached hydrogens (tertiary/aromatic N) is 1. The topological polar surface area (TPSA) is 73.8 Å². The van der Waals surface area contributed by atoms with Crippen LogP contribution in [0.1, 0.15) is 81.8 Å². The van der Waals surface area contributed by atoms with Crippen molar-refractivity contribution in [3.8, 4) is 0 Å². The number of hydrogen-bond donors (Lipinski definition) is 3. The predicted octanol–water partition coefficient (Wildman–Crippen LogP) is 5.12. The van der Waals surface area contributed by atoms with Gasteiger partial charge in [0, 0.05) is 45.3 Å². The molecular formula is C29H48FN3O3. The lowest BCUT2D eigenvalue weighted by atomic mass is 9.73. The molecule has 0 aromatic heterocycles. The summed E-state index contributed by atoms with van der Waals surface area (Å²) in [6.07, 6.45) is 11.2. The van der Waals surface area contributed by atoms with Gasteiger partial charge in [-0.2, -0.15) is 0 Å². The van der Waals surface area contributed by atoms with E-state index in [0.29, 0.717) is 43.2 Å². The monoisotopic (exact) mass is 505 g/mol. The number of aliphatic hydroxyl groups is 1. The van der Waals surface area contributed by atoms with Crippen molar-refractivity contribution < 1.29 is 19.0 Å². The lowest BCUT2D eigenvalue weighted by Gasteiger charge is -2.43. The fourth-order valence-corrected chi connectivity index (χ4v) is 6.36. The molecule has 2 fully saturated rings. The van der Waals surface area contributed by atoms with E-state index < -0.39 is 5.60 Å². The molecule has 1 aromatic rings. The van der Waals surface area contributed by atoms with E-state index in [1.54, 1.807) is 20.1 Å². The highest BCUT2D eigenvalue weighted by Crippen LogP contribution is 2.41. The average Bonchev–Trinajstić information content (AvgIpc) is 2.89. The summed E-state index contributed by atoms with van der Waals surface area (Å²) >= 11 is 0. The number of methoxy groups -OCH3 is 1. The lowest BCUT2D eigenvalue weighted by Crippen LogP contribution is -2.54. The third kappa shape index (κ3) is 7.65. The molecule has 6 nitrogen and oxygen atoms in total. The number of unbranched alkanes of at least 4 members (excludes halogenated alkanes) is 1. The number of rotatable bonds is 12. The van der Waals surface area contributed by atoms with Gasteiger partial charge in [0.05, 0.1) is 5.60 Å². The Morgan fingerprint density at radius 1 is 1.22 bits per heavy atom. The first-order valence-corrected chi connectivity index (χ1v) is 14.1. The Balaban J connectivity index is 1.72. The summed E-state index contributed by atoms with van der Waals surface area (Å²) in [6, 6.07) is 5.02. The number of likely N-dealkylation sites (N-methyl/N-ethyl adjacent to an activating group) is 1. The molecule has 2 unspecified atom stereocenters. The van der Waals surface area contributed by atoms with E-state index in [0.717, 1.165) is 38.6 Å². The third-order valence-electron chi connectivity index (χ3n) is 8.40. The minimum atomic E-state index is -1.19. The molecule has 2 aliphatic rings. The normalized spacial score (nSPS) is 21.7. The van der Waals surface area contributed by atoms with Crippen LogP contribution in [0, 0.1) is 24.6 Å². The molecule has 1 saturated heterocycles. The molecule has 1 saturated carbocycles. The highest BCUT2D eigenvalue weighted by molar-refractivity contribution is 5.74. The van der Waals surface area contributed by atoms with Crippen LogP contribution in [-0.2, 0) is 10.3 Å². The van der Waals surface area contributed by atoms with Crippen molar-refractivity contribution in [1.29, 1.82) is 0 Å². The van der Waals surface area contributed by atoms with E-state index in [4.69, 9.17) is 4.74 Å². The van der Waals surface area contributed by atoms with Crippen LogP contribution in [0.3, 0.4) is 0 Å². The number of benzene rings is 1. The van der Waals surface area contributed by atoms with Crippen LogP contribution in [-0.4, -0.2) is 62.5 Å². The van der Waals surface area contributed by atoms with Gasteiger partial charge in [-0.25, -0.2) is 9.18 Å². The van der Waals surface area contributed by atoms with Gasteiger partial charge in [-0.3, -0.25) is 0 Å². The van der Waals surface area contributed by atoms with Gasteiger partial charge in [-0.15, -0.1) is 0 Å². The molecule has 2 amide bonds. The minimum absolute atomic E-state index is 0.0477. The Hall–Kier alpha value is -1.70. The molecule has 3 N–H and O–H groups in total. The van der Waals surface area contributed by atoms with E-state index in [1.807, 2.05) is 18.0 Å². The minimum Gasteiger partial charge on any atom is -0.385 e. The van der Waals surface area contributed by atoms with E-state index in [1.165, 1.54) is 38.2 Å². The molecule has 36 heavy (non-hydrogen) atoms. The van der Waals surface area contributed by atoms with E-state index in [9.17, 15) is 14.3 Å². The molecule has 3 rings (SSSR count). The standard InChI is InChI=1S/C29H48FN3O3/c1-22-26(14-9-15-27(22)30)29(35,16-7-8-18-36-3)24-13-10-17-33(21-24)28(34)32-25(20-31-2)19-23-11-5-4-6-12-23/h9,14-15,23-25,31,35H,4-8,10-13,16-21H2,1-3H3,(H,32,34)/t24?,25?,29-/m1/s1. The first-order chi connectivity index (χ1) is 17.4. The first kappa shape index (κ1) is 28.9. The van der Waals surface area contributed by atoms with Crippen molar-refractivity contribution in [1.82, 2.24) is 15.5 Å². The van der Waals surface area contributed by atoms with Crippen molar-refractivity contribution >= 4 is 6.03 Å². The zero-order valence-electron chi connectivity index (χ0n) is 22.7. The summed E-state index contributed by atoms with van der Waals surface area (Å²) in [5, 5.41) is 18.7. The van der Waals surface area contributed by atoms with Crippen LogP contribution < -0.4 is 10.6 Å². The Morgan fingerprint density at radius 2 is 2.00 bits per heavy atom. The first-order valence-electron chi connectivity index (χ1n) is 14.1. The van der Waals surface area contributed by atoms with Gasteiger partial charge in [-0.05, 0) is 75.6 Å². The second-order valence-electron chi connectivity index (χ2n) is 11.0. The van der Waals surface area contributed by atoms with Crippen LogP contribution >= 0.6 is 0 Å². The summed E-state index contributed by atoms with van der Waals surface area (Å²) in [6.45, 7) is 4.28. The largest absolute Gasteiger partial charge is 0.385 e. The zero-order chi connectivity index (χ0) is 26.0. The van der Waals surface area contributed by atoms with Gasteiger partial charge in [0.1, 0.15) is 5.82 Å². The molecule has 7 heteroatoms. The number of hydrogen-bond acceptors (Lipinski definition) is 4. The summed E-state index contributed by atoms with van der Waals surface area (Å²) in [4.78, 5) is 15.3. The lowest BCUT2D eigenvalue weighted by molar-refractivity contribution is -0.0570. The quantitative estimate of drug-likeness (QED) is 0.345. The maximum Gasteiger partial charge on any atom is 0.317 e. The fraction of sp³-hybridized carbons (Fsp3) is 0.759. The predicted molar refractivity (Wildman–Crippen MR) is 142 cm³/mol. The third-order valence-corrected chi connectivity index (χ3v) is 8.40. The highest BCUT2D eigenvalue weighted by Gasteiger charge is 2.42. The molecule has 0 radical (unpaired) electrons. The highest BCUT2D eigenvalue weighted by atomic mass is 19.1. The Kier molecular flexibility index (Phi) is 11.5. The number of amides is 2. The average molecular weight is 506 g/mol. The molecule has 1 aliphatic carbocycles. The van der Waals surface area contributed by atoms with Gasteiger partial charge in [0.25, 0.3) is 0 Å². The fourth-order valence-electron chi connectivity index (χ4n) is 6.36. The Bertz CT molecular complexity index is 817. The van der Waals surface area contributed by atoms with Crippen molar-refractivity contribution in [3.63, 3.8) is 0 Å². The molecule has 204 valence electrons. The second kappa shape index (κ2) is 14.3. The van der Waals surface area contributed by atoms with Gasteiger partial charge >= 0.3 is 6.03 Å². The van der Waals surface area contributed by atoms with E-state index in [2.05, 4.69) is 10.6 Å². The van der Waals surface area contributed by atoms with Gasteiger partial charge < -0.3 is 25.4 Å². The van der Waals surface area contributed by atoms with Crippen molar-refractivity contribution in [2.75, 3.05) is 40.4 Å². The number of piperidine rings is 1. The SMILES string of the molecule is CNCC(CC1CCCCC1)NC(=O)N1CCCC([C@](O)(CCCCOC)c2cccc(F)c2C)C1. The Labute approximate surface area is 217 Å². The van der Waals surface area contributed by atoms with Crippen molar-refractivity contribution in [2.45, 2.75) is 89.2 Å². The Morgan fingerprint density at radius 3 is 2.72 bits per heavy atom. The number of likely N-dealkylation sites (tertiary alicyclic amines) is 1. The summed E-state index contributed by atoms with van der Waals surface area (Å²) in [5.74, 6) is 0.228. The van der Waals surface area contributed by atoms with Crippen LogP contribution in [0.15, 0.2) is 18.2 Å². The number of carbonyl (C=O) groups excluding carboxylic acids is 1. The maximum atomic E-state index is 14.5. The number of halogens is 1. The molecule has 0 spiro atoms. The number of carbonyl (C=O) groups is 1. The number of nitrogens with one attached hydrogen (secondary N) is 2. The molecular weight excluding hydrogens is 457 g/mol. The van der Waals surface area contributed by atoms with Crippen molar-refractivity contribution in [2.24, 2.45) is 11.8 Å². The van der Waals surface area contributed by atoms with Crippen LogP contribution in [0.2, 0.25) is 0 Å². The van der Waals surface area contributed by atoms with Gasteiger partial charge in [0.2, 0.25) is 0 Å².